The summed E-state index contributed by atoms with van der Waals surface area (Å²) in [7, 11) is 1.55. The van der Waals surface area contributed by atoms with E-state index < -0.39 is 23.5 Å². The number of hydrogen-bond donors (Lipinski definition) is 1. The molecule has 5 rings (SSSR count). The van der Waals surface area contributed by atoms with Crippen LogP contribution in [0.25, 0.3) is 11.0 Å². The fraction of sp³-hybridized carbons (Fsp3) is 0.200. The third kappa shape index (κ3) is 4.45. The van der Waals surface area contributed by atoms with Crippen LogP contribution in [0.3, 0.4) is 0 Å². The molecule has 4 aromatic rings. The molecule has 0 bridgehead atoms. The minimum absolute atomic E-state index is 0.0408. The van der Waals surface area contributed by atoms with Crippen LogP contribution in [0.5, 0.6) is 5.75 Å². The van der Waals surface area contributed by atoms with E-state index in [4.69, 9.17) is 9.15 Å². The molecule has 1 atom stereocenters. The molecule has 1 aliphatic heterocycles. The van der Waals surface area contributed by atoms with Crippen molar-refractivity contribution in [1.29, 1.82) is 0 Å². The van der Waals surface area contributed by atoms with Crippen molar-refractivity contribution < 1.29 is 23.8 Å². The van der Waals surface area contributed by atoms with Gasteiger partial charge < -0.3 is 19.2 Å². The van der Waals surface area contributed by atoms with Gasteiger partial charge in [-0.1, -0.05) is 28.1 Å². The summed E-state index contributed by atoms with van der Waals surface area (Å²) in [6, 6.07) is 20.8. The van der Waals surface area contributed by atoms with Gasteiger partial charge in [-0.25, -0.2) is 0 Å². The van der Waals surface area contributed by atoms with E-state index >= 15 is 0 Å². The number of ketones is 1. The number of hydrogen-bond acceptors (Lipinski definition) is 6. The van der Waals surface area contributed by atoms with E-state index in [9.17, 15) is 14.7 Å². The number of amides is 1. The minimum Gasteiger partial charge on any atom is -0.503 e. The molecular weight excluding hydrogens is 548 g/mol. The number of halogens is 1. The standard InChI is InChI=1S/C30H27BrN2O5/c1-4-32(5-2)21-10-12-22(13-11-21)33-27(18-7-6-8-23(16-18)37-3)26(29(35)30(33)36)28(34)25-17-19-15-20(31)9-14-24(19)38-25/h6-17,27,35H,4-5H2,1-3H3. The zero-order valence-electron chi connectivity index (χ0n) is 21.3. The zero-order chi connectivity index (χ0) is 27.0. The number of anilines is 2. The van der Waals surface area contributed by atoms with Gasteiger partial charge >= 0.3 is 0 Å². The van der Waals surface area contributed by atoms with Crippen LogP contribution in [0.2, 0.25) is 0 Å². The molecule has 1 aliphatic rings. The van der Waals surface area contributed by atoms with Crippen molar-refractivity contribution in [3.8, 4) is 5.75 Å². The lowest BCUT2D eigenvalue weighted by molar-refractivity contribution is -0.117. The number of nitrogens with zero attached hydrogens (tertiary/aromatic N) is 2. The molecule has 0 saturated carbocycles. The Bertz CT molecular complexity index is 1550. The normalized spacial score (nSPS) is 15.4. The molecule has 0 spiro atoms. The molecule has 0 radical (unpaired) electrons. The van der Waals surface area contributed by atoms with Crippen LogP contribution in [-0.4, -0.2) is 37.0 Å². The maximum absolute atomic E-state index is 13.9. The highest BCUT2D eigenvalue weighted by Gasteiger charge is 2.45. The lowest BCUT2D eigenvalue weighted by Crippen LogP contribution is -2.31. The van der Waals surface area contributed by atoms with E-state index in [1.807, 2.05) is 36.4 Å². The molecule has 1 N–H and O–H groups in total. The van der Waals surface area contributed by atoms with Crippen molar-refractivity contribution in [2.24, 2.45) is 0 Å². The van der Waals surface area contributed by atoms with Gasteiger partial charge in [0.25, 0.3) is 5.91 Å². The van der Waals surface area contributed by atoms with E-state index in [2.05, 4.69) is 34.7 Å². The van der Waals surface area contributed by atoms with Crippen LogP contribution in [-0.2, 0) is 4.79 Å². The first-order valence-corrected chi connectivity index (χ1v) is 13.1. The maximum atomic E-state index is 13.9. The van der Waals surface area contributed by atoms with Crippen molar-refractivity contribution in [3.63, 3.8) is 0 Å². The van der Waals surface area contributed by atoms with Gasteiger partial charge in [0.15, 0.2) is 11.5 Å². The molecule has 0 saturated heterocycles. The summed E-state index contributed by atoms with van der Waals surface area (Å²) >= 11 is 3.43. The number of Topliss-reactive ketones (excluding diaryl/α,β-unsaturated/α-hetero) is 1. The van der Waals surface area contributed by atoms with E-state index in [-0.39, 0.29) is 11.3 Å². The largest absolute Gasteiger partial charge is 0.503 e. The number of carbonyl (C=O) groups is 2. The Kier molecular flexibility index (Phi) is 6.99. The first-order chi connectivity index (χ1) is 18.4. The van der Waals surface area contributed by atoms with Crippen molar-refractivity contribution in [2.75, 3.05) is 30.0 Å². The third-order valence-electron chi connectivity index (χ3n) is 6.82. The molecule has 1 amide bonds. The van der Waals surface area contributed by atoms with Gasteiger partial charge in [0, 0.05) is 34.3 Å². The average molecular weight is 575 g/mol. The van der Waals surface area contributed by atoms with Crippen LogP contribution >= 0.6 is 15.9 Å². The zero-order valence-corrected chi connectivity index (χ0v) is 22.9. The highest BCUT2D eigenvalue weighted by molar-refractivity contribution is 9.10. The SMILES string of the molecule is CCN(CC)c1ccc(N2C(=O)C(O)=C(C(=O)c3cc4cc(Br)ccc4o3)C2c2cccc(OC)c2)cc1. The second-order valence-corrected chi connectivity index (χ2v) is 9.84. The third-order valence-corrected chi connectivity index (χ3v) is 7.31. The lowest BCUT2D eigenvalue weighted by Gasteiger charge is -2.28. The summed E-state index contributed by atoms with van der Waals surface area (Å²) in [6.45, 7) is 5.85. The quantitative estimate of drug-likeness (QED) is 0.232. The number of ether oxygens (including phenoxy) is 1. The molecular formula is C30H27BrN2O5. The second kappa shape index (κ2) is 10.4. The molecule has 2 heterocycles. The highest BCUT2D eigenvalue weighted by atomic mass is 79.9. The molecule has 194 valence electrons. The maximum Gasteiger partial charge on any atom is 0.294 e. The summed E-state index contributed by atoms with van der Waals surface area (Å²) in [4.78, 5) is 31.0. The first kappa shape index (κ1) is 25.6. The number of carbonyl (C=O) groups excluding carboxylic acids is 2. The van der Waals surface area contributed by atoms with Crippen LogP contribution in [0.1, 0.15) is 36.0 Å². The predicted molar refractivity (Wildman–Crippen MR) is 151 cm³/mol. The van der Waals surface area contributed by atoms with Crippen molar-refractivity contribution in [2.45, 2.75) is 19.9 Å². The number of methoxy groups -OCH3 is 1. The lowest BCUT2D eigenvalue weighted by atomic mass is 9.94. The summed E-state index contributed by atoms with van der Waals surface area (Å²) in [6.07, 6.45) is 0. The number of aliphatic hydroxyl groups excluding tert-OH is 1. The van der Waals surface area contributed by atoms with E-state index in [0.29, 0.717) is 22.6 Å². The van der Waals surface area contributed by atoms with Gasteiger partial charge in [-0.2, -0.15) is 0 Å². The summed E-state index contributed by atoms with van der Waals surface area (Å²) < 4.78 is 12.1. The van der Waals surface area contributed by atoms with Crippen LogP contribution in [0.4, 0.5) is 11.4 Å². The van der Waals surface area contributed by atoms with Gasteiger partial charge in [-0.15, -0.1) is 0 Å². The van der Waals surface area contributed by atoms with Gasteiger partial charge in [0.1, 0.15) is 11.3 Å². The highest BCUT2D eigenvalue weighted by Crippen LogP contribution is 2.43. The molecule has 8 heteroatoms. The minimum atomic E-state index is -0.885. The van der Waals surface area contributed by atoms with Crippen LogP contribution in [0.15, 0.2) is 93.0 Å². The first-order valence-electron chi connectivity index (χ1n) is 12.4. The van der Waals surface area contributed by atoms with Crippen molar-refractivity contribution in [3.05, 3.63) is 99.9 Å². The summed E-state index contributed by atoms with van der Waals surface area (Å²) in [5, 5.41) is 11.8. The Balaban J connectivity index is 1.62. The van der Waals surface area contributed by atoms with Crippen LogP contribution < -0.4 is 14.5 Å². The fourth-order valence-corrected chi connectivity index (χ4v) is 5.28. The van der Waals surface area contributed by atoms with Gasteiger partial charge in [-0.3, -0.25) is 14.5 Å². The molecule has 3 aromatic carbocycles. The second-order valence-electron chi connectivity index (χ2n) is 8.93. The van der Waals surface area contributed by atoms with Gasteiger partial charge in [0.05, 0.1) is 18.7 Å². The summed E-state index contributed by atoms with van der Waals surface area (Å²) in [5.74, 6) is -1.20. The van der Waals surface area contributed by atoms with Crippen molar-refractivity contribution in [1.82, 2.24) is 0 Å². The topological polar surface area (TPSA) is 83.2 Å². The number of aliphatic hydroxyl groups is 1. The average Bonchev–Trinajstić information content (AvgIpc) is 3.47. The van der Waals surface area contributed by atoms with Gasteiger partial charge in [0.2, 0.25) is 5.78 Å². The molecule has 7 nitrogen and oxygen atoms in total. The van der Waals surface area contributed by atoms with E-state index in [1.54, 1.807) is 43.5 Å². The fourth-order valence-electron chi connectivity index (χ4n) is 4.90. The smallest absolute Gasteiger partial charge is 0.294 e. The number of fused-ring (bicyclic) bond motifs is 1. The van der Waals surface area contributed by atoms with Gasteiger partial charge in [-0.05, 0) is 80.1 Å². The predicted octanol–water partition coefficient (Wildman–Crippen LogP) is 6.83. The molecule has 0 fully saturated rings. The monoisotopic (exact) mass is 574 g/mol. The summed E-state index contributed by atoms with van der Waals surface area (Å²) in [5.41, 5.74) is 2.68. The Labute approximate surface area is 229 Å². The molecule has 38 heavy (non-hydrogen) atoms. The number of furan rings is 1. The molecule has 0 aliphatic carbocycles. The number of benzene rings is 3. The Morgan fingerprint density at radius 2 is 1.79 bits per heavy atom. The Morgan fingerprint density at radius 1 is 1.05 bits per heavy atom. The Hall–Kier alpha value is -4.04. The van der Waals surface area contributed by atoms with E-state index in [1.165, 1.54) is 4.90 Å². The Morgan fingerprint density at radius 3 is 2.47 bits per heavy atom. The molecule has 1 aromatic heterocycles. The van der Waals surface area contributed by atoms with Crippen molar-refractivity contribution >= 4 is 50.0 Å². The molecule has 1 unspecified atom stereocenters. The number of rotatable bonds is 8. The van der Waals surface area contributed by atoms with E-state index in [0.717, 1.165) is 28.6 Å². The van der Waals surface area contributed by atoms with Crippen LogP contribution in [0, 0.1) is 0 Å².